The second-order valence-electron chi connectivity index (χ2n) is 7.36. The van der Waals surface area contributed by atoms with Gasteiger partial charge in [0.15, 0.2) is 0 Å². The molecule has 0 saturated carbocycles. The van der Waals surface area contributed by atoms with E-state index in [0.717, 1.165) is 77.0 Å². The quantitative estimate of drug-likeness (QED) is 0.221. The number of phosphoric ester groups is 1. The van der Waals surface area contributed by atoms with Crippen LogP contribution in [0.2, 0.25) is 0 Å². The predicted octanol–water partition coefficient (Wildman–Crippen LogP) is 8.05. The zero-order valence-electron chi connectivity index (χ0n) is 18.3. The summed E-state index contributed by atoms with van der Waals surface area (Å²) in [7, 11) is -3.57. The molecular weight excluding hydrogens is 347 g/mol. The average Bonchev–Trinajstić information content (AvgIpc) is 2.56. The van der Waals surface area contributed by atoms with Crippen LogP contribution in [0, 0.1) is 0 Å². The van der Waals surface area contributed by atoms with Crippen LogP contribution in [0.3, 0.4) is 0 Å². The summed E-state index contributed by atoms with van der Waals surface area (Å²) in [4.78, 5) is 0. The molecule has 0 rings (SSSR count). The molecule has 0 aromatic heterocycles. The van der Waals surface area contributed by atoms with Crippen molar-refractivity contribution < 1.29 is 18.1 Å². The van der Waals surface area contributed by atoms with Crippen molar-refractivity contribution in [1.82, 2.24) is 0 Å². The van der Waals surface area contributed by atoms with Crippen molar-refractivity contribution in [3.63, 3.8) is 0 Å². The van der Waals surface area contributed by atoms with Gasteiger partial charge in [-0.1, -0.05) is 80.1 Å². The molecule has 0 bridgehead atoms. The Hall–Kier alpha value is 0.110. The fourth-order valence-corrected chi connectivity index (χ4v) is 5.18. The van der Waals surface area contributed by atoms with Gasteiger partial charge in [0.05, 0.1) is 18.3 Å². The highest BCUT2D eigenvalue weighted by molar-refractivity contribution is 7.48. The molecule has 0 radical (unpaired) electrons. The number of phosphoric acid groups is 1. The maximum atomic E-state index is 13.6. The van der Waals surface area contributed by atoms with Crippen LogP contribution in [0.4, 0.5) is 0 Å². The Morgan fingerprint density at radius 2 is 0.692 bits per heavy atom. The maximum Gasteiger partial charge on any atom is 0.475 e. The summed E-state index contributed by atoms with van der Waals surface area (Å²) >= 11 is 0. The third kappa shape index (κ3) is 11.7. The lowest BCUT2D eigenvalue weighted by molar-refractivity contribution is 0.0181. The Labute approximate surface area is 163 Å². The van der Waals surface area contributed by atoms with Gasteiger partial charge in [-0.15, -0.1) is 0 Å². The van der Waals surface area contributed by atoms with Crippen molar-refractivity contribution in [2.75, 3.05) is 0 Å². The summed E-state index contributed by atoms with van der Waals surface area (Å²) < 4.78 is 31.9. The average molecular weight is 393 g/mol. The van der Waals surface area contributed by atoms with Crippen molar-refractivity contribution >= 4 is 7.82 Å². The van der Waals surface area contributed by atoms with E-state index in [2.05, 4.69) is 41.5 Å². The molecule has 0 saturated heterocycles. The van der Waals surface area contributed by atoms with Gasteiger partial charge in [0, 0.05) is 0 Å². The molecule has 0 aromatic rings. The monoisotopic (exact) mass is 392 g/mol. The Balaban J connectivity index is 5.33. The van der Waals surface area contributed by atoms with E-state index in [1.54, 1.807) is 0 Å². The molecule has 26 heavy (non-hydrogen) atoms. The van der Waals surface area contributed by atoms with Crippen LogP contribution < -0.4 is 0 Å². The zero-order valence-corrected chi connectivity index (χ0v) is 19.2. The number of rotatable bonds is 18. The fraction of sp³-hybridized carbons (Fsp3) is 1.00. The first kappa shape index (κ1) is 26.1. The first-order valence-corrected chi connectivity index (χ1v) is 12.6. The second-order valence-corrected chi connectivity index (χ2v) is 8.89. The molecule has 0 unspecified atom stereocenters. The van der Waals surface area contributed by atoms with Gasteiger partial charge in [-0.3, -0.25) is 13.6 Å². The summed E-state index contributed by atoms with van der Waals surface area (Å²) in [6.45, 7) is 12.8. The molecule has 0 aliphatic rings. The molecular formula is C21H45O4P. The van der Waals surface area contributed by atoms with Crippen molar-refractivity contribution in [2.24, 2.45) is 0 Å². The Kier molecular flexibility index (Phi) is 16.2. The van der Waals surface area contributed by atoms with E-state index in [9.17, 15) is 4.57 Å². The zero-order chi connectivity index (χ0) is 19.8. The van der Waals surface area contributed by atoms with Gasteiger partial charge in [0.25, 0.3) is 0 Å². The van der Waals surface area contributed by atoms with E-state index in [1.807, 2.05) is 0 Å². The van der Waals surface area contributed by atoms with Gasteiger partial charge >= 0.3 is 7.82 Å². The van der Waals surface area contributed by atoms with Gasteiger partial charge < -0.3 is 0 Å². The molecule has 0 N–H and O–H groups in total. The van der Waals surface area contributed by atoms with Crippen molar-refractivity contribution in [3.05, 3.63) is 0 Å². The lowest BCUT2D eigenvalue weighted by Crippen LogP contribution is -2.21. The molecule has 0 spiro atoms. The first-order chi connectivity index (χ1) is 12.5. The molecule has 5 heteroatoms. The summed E-state index contributed by atoms with van der Waals surface area (Å²) in [5.74, 6) is 0. The van der Waals surface area contributed by atoms with Gasteiger partial charge in [-0.2, -0.15) is 0 Å². The molecule has 0 aromatic carbocycles. The lowest BCUT2D eigenvalue weighted by atomic mass is 10.1. The van der Waals surface area contributed by atoms with Gasteiger partial charge in [0.2, 0.25) is 0 Å². The van der Waals surface area contributed by atoms with Crippen LogP contribution in [0.5, 0.6) is 0 Å². The van der Waals surface area contributed by atoms with Gasteiger partial charge in [-0.25, -0.2) is 4.57 Å². The van der Waals surface area contributed by atoms with Crippen molar-refractivity contribution in [1.29, 1.82) is 0 Å². The number of hydrogen-bond donors (Lipinski definition) is 0. The van der Waals surface area contributed by atoms with Crippen LogP contribution in [-0.4, -0.2) is 18.3 Å². The highest BCUT2D eigenvalue weighted by Crippen LogP contribution is 2.55. The fourth-order valence-electron chi connectivity index (χ4n) is 3.30. The minimum atomic E-state index is -3.57. The molecule has 0 aliphatic heterocycles. The highest BCUT2D eigenvalue weighted by Gasteiger charge is 2.35. The minimum Gasteiger partial charge on any atom is -0.284 e. The molecule has 0 amide bonds. The molecule has 0 fully saturated rings. The van der Waals surface area contributed by atoms with Crippen molar-refractivity contribution in [2.45, 2.75) is 137 Å². The number of hydrogen-bond acceptors (Lipinski definition) is 4. The molecule has 0 aliphatic carbocycles. The Morgan fingerprint density at radius 1 is 0.500 bits per heavy atom. The van der Waals surface area contributed by atoms with E-state index >= 15 is 0 Å². The SMILES string of the molecule is CCCC(CCC)OP(=O)(OC(CCC)CCC)OC(CCC)CCC. The summed E-state index contributed by atoms with van der Waals surface area (Å²) in [5, 5.41) is 0. The van der Waals surface area contributed by atoms with Gasteiger partial charge in [0.1, 0.15) is 0 Å². The summed E-state index contributed by atoms with van der Waals surface area (Å²) in [5.41, 5.74) is 0. The topological polar surface area (TPSA) is 44.8 Å². The summed E-state index contributed by atoms with van der Waals surface area (Å²) in [6.07, 6.45) is 11.2. The Bertz CT molecular complexity index is 292. The first-order valence-electron chi connectivity index (χ1n) is 11.1. The standard InChI is InChI=1S/C21H45O4P/c1-7-13-19(14-8-2)23-26(22,24-20(15-9-3)16-10-4)25-21(17-11-5)18-12-6/h19-21H,7-18H2,1-6H3. The van der Waals surface area contributed by atoms with E-state index in [1.165, 1.54) is 0 Å². The summed E-state index contributed by atoms with van der Waals surface area (Å²) in [6, 6.07) is 0. The van der Waals surface area contributed by atoms with E-state index in [-0.39, 0.29) is 18.3 Å². The van der Waals surface area contributed by atoms with E-state index < -0.39 is 7.82 Å². The van der Waals surface area contributed by atoms with E-state index in [4.69, 9.17) is 13.6 Å². The van der Waals surface area contributed by atoms with Crippen LogP contribution in [0.1, 0.15) is 119 Å². The lowest BCUT2D eigenvalue weighted by Gasteiger charge is -2.30. The van der Waals surface area contributed by atoms with Crippen LogP contribution in [-0.2, 0) is 18.1 Å². The third-order valence-corrected chi connectivity index (χ3v) is 6.17. The van der Waals surface area contributed by atoms with Crippen molar-refractivity contribution in [3.8, 4) is 0 Å². The van der Waals surface area contributed by atoms with Crippen LogP contribution >= 0.6 is 7.82 Å². The third-order valence-electron chi connectivity index (χ3n) is 4.50. The molecule has 0 atom stereocenters. The largest absolute Gasteiger partial charge is 0.475 e. The van der Waals surface area contributed by atoms with Gasteiger partial charge in [-0.05, 0) is 38.5 Å². The smallest absolute Gasteiger partial charge is 0.284 e. The van der Waals surface area contributed by atoms with E-state index in [0.29, 0.717) is 0 Å². The predicted molar refractivity (Wildman–Crippen MR) is 112 cm³/mol. The molecule has 0 heterocycles. The molecule has 158 valence electrons. The minimum absolute atomic E-state index is 0.0522. The molecule has 4 nitrogen and oxygen atoms in total. The Morgan fingerprint density at radius 3 is 0.846 bits per heavy atom. The maximum absolute atomic E-state index is 13.6. The normalized spacial score (nSPS) is 12.7. The highest BCUT2D eigenvalue weighted by atomic mass is 31.2. The van der Waals surface area contributed by atoms with Crippen LogP contribution in [0.15, 0.2) is 0 Å². The second kappa shape index (κ2) is 16.1. The van der Waals surface area contributed by atoms with Crippen LogP contribution in [0.25, 0.3) is 0 Å².